The van der Waals surface area contributed by atoms with Gasteiger partial charge in [-0.05, 0) is 43.8 Å². The van der Waals surface area contributed by atoms with Crippen molar-refractivity contribution in [3.8, 4) is 0 Å². The van der Waals surface area contributed by atoms with Crippen LogP contribution in [-0.2, 0) is 0 Å². The first-order valence-electron chi connectivity index (χ1n) is 6.49. The molecule has 1 N–H and O–H groups in total. The molecule has 0 bridgehead atoms. The van der Waals surface area contributed by atoms with Crippen LogP contribution >= 0.6 is 11.3 Å². The molecule has 4 nitrogen and oxygen atoms in total. The Morgan fingerprint density at radius 3 is 3.00 bits per heavy atom. The average Bonchev–Trinajstić information content (AvgIpc) is 3.01. The Balaban J connectivity index is 1.66. The van der Waals surface area contributed by atoms with Crippen LogP contribution in [0.2, 0.25) is 0 Å². The van der Waals surface area contributed by atoms with E-state index >= 15 is 0 Å². The lowest BCUT2D eigenvalue weighted by Gasteiger charge is -2.15. The van der Waals surface area contributed by atoms with Crippen LogP contribution in [0, 0.1) is 6.92 Å². The molecule has 3 heterocycles. The highest BCUT2D eigenvalue weighted by Crippen LogP contribution is 2.28. The van der Waals surface area contributed by atoms with Crippen LogP contribution in [0.3, 0.4) is 0 Å². The number of aromatic nitrogens is 2. The number of thiophene rings is 1. The van der Waals surface area contributed by atoms with Gasteiger partial charge in [0.25, 0.3) is 0 Å². The summed E-state index contributed by atoms with van der Waals surface area (Å²) < 4.78 is 1.18. The molecule has 0 aromatic carbocycles. The van der Waals surface area contributed by atoms with Crippen molar-refractivity contribution in [3.05, 3.63) is 17.3 Å². The lowest BCUT2D eigenvalue weighted by Crippen LogP contribution is -2.26. The smallest absolute Gasteiger partial charge is 0.147 e. The largest absolute Gasteiger partial charge is 0.367 e. The number of rotatable bonds is 4. The van der Waals surface area contributed by atoms with Crippen molar-refractivity contribution in [3.63, 3.8) is 0 Å². The first kappa shape index (κ1) is 11.9. The van der Waals surface area contributed by atoms with Gasteiger partial charge in [-0.3, -0.25) is 0 Å². The molecule has 2 aromatic heterocycles. The Bertz CT molecular complexity index is 531. The minimum absolute atomic E-state index is 0.961. The molecule has 1 aliphatic heterocycles. The van der Waals surface area contributed by atoms with Gasteiger partial charge in [-0.2, -0.15) is 0 Å². The van der Waals surface area contributed by atoms with Crippen molar-refractivity contribution in [2.45, 2.75) is 19.8 Å². The Labute approximate surface area is 111 Å². The number of nitrogens with zero attached hydrogens (tertiary/aromatic N) is 3. The number of fused-ring (bicyclic) bond motifs is 1. The number of hydrogen-bond donors (Lipinski definition) is 1. The van der Waals surface area contributed by atoms with Gasteiger partial charge in [0.15, 0.2) is 0 Å². The van der Waals surface area contributed by atoms with Gasteiger partial charge < -0.3 is 10.2 Å². The van der Waals surface area contributed by atoms with Crippen molar-refractivity contribution >= 4 is 27.4 Å². The van der Waals surface area contributed by atoms with Crippen LogP contribution < -0.4 is 5.32 Å². The second kappa shape index (κ2) is 5.20. The third kappa shape index (κ3) is 2.33. The van der Waals surface area contributed by atoms with Crippen LogP contribution in [0.1, 0.15) is 18.4 Å². The van der Waals surface area contributed by atoms with E-state index in [2.05, 4.69) is 32.5 Å². The summed E-state index contributed by atoms with van der Waals surface area (Å²) in [6.45, 7) is 6.66. The van der Waals surface area contributed by atoms with E-state index in [-0.39, 0.29) is 0 Å². The van der Waals surface area contributed by atoms with Crippen molar-refractivity contribution in [1.29, 1.82) is 0 Å². The highest BCUT2D eigenvalue weighted by Gasteiger charge is 2.11. The molecule has 1 aliphatic rings. The summed E-state index contributed by atoms with van der Waals surface area (Å²) >= 11 is 1.72. The quantitative estimate of drug-likeness (QED) is 0.919. The van der Waals surface area contributed by atoms with E-state index in [4.69, 9.17) is 0 Å². The lowest BCUT2D eigenvalue weighted by atomic mass is 10.3. The van der Waals surface area contributed by atoms with Crippen LogP contribution in [0.25, 0.3) is 10.2 Å². The molecule has 0 spiro atoms. The van der Waals surface area contributed by atoms with Gasteiger partial charge in [0.1, 0.15) is 12.1 Å². The van der Waals surface area contributed by atoms with Crippen LogP contribution in [0.5, 0.6) is 0 Å². The van der Waals surface area contributed by atoms with Gasteiger partial charge in [-0.25, -0.2) is 9.97 Å². The summed E-state index contributed by atoms with van der Waals surface area (Å²) in [6, 6.07) is 0. The lowest BCUT2D eigenvalue weighted by molar-refractivity contribution is 0.352. The van der Waals surface area contributed by atoms with E-state index < -0.39 is 0 Å². The zero-order valence-corrected chi connectivity index (χ0v) is 11.5. The SMILES string of the molecule is Cc1csc2c(NCCN3CCCC3)ncnc12. The van der Waals surface area contributed by atoms with Gasteiger partial charge >= 0.3 is 0 Å². The molecule has 0 radical (unpaired) electrons. The molecular weight excluding hydrogens is 244 g/mol. The second-order valence-corrected chi connectivity index (χ2v) is 5.67. The Morgan fingerprint density at radius 1 is 1.33 bits per heavy atom. The Kier molecular flexibility index (Phi) is 3.43. The number of nitrogens with one attached hydrogen (secondary N) is 1. The molecule has 0 aliphatic carbocycles. The molecule has 18 heavy (non-hydrogen) atoms. The topological polar surface area (TPSA) is 41.0 Å². The van der Waals surface area contributed by atoms with Crippen LogP contribution in [-0.4, -0.2) is 41.0 Å². The first-order chi connectivity index (χ1) is 8.84. The Hall–Kier alpha value is -1.20. The first-order valence-corrected chi connectivity index (χ1v) is 7.37. The number of aryl methyl sites for hydroxylation is 1. The zero-order valence-electron chi connectivity index (χ0n) is 10.6. The summed E-state index contributed by atoms with van der Waals surface area (Å²) in [6.07, 6.45) is 4.35. The highest BCUT2D eigenvalue weighted by molar-refractivity contribution is 7.18. The highest BCUT2D eigenvalue weighted by atomic mass is 32.1. The molecule has 96 valence electrons. The maximum absolute atomic E-state index is 4.35. The fraction of sp³-hybridized carbons (Fsp3) is 0.538. The van der Waals surface area contributed by atoms with Gasteiger partial charge in [0.2, 0.25) is 0 Å². The summed E-state index contributed by atoms with van der Waals surface area (Å²) in [5.41, 5.74) is 2.32. The van der Waals surface area contributed by atoms with Gasteiger partial charge in [-0.1, -0.05) is 0 Å². The molecule has 1 fully saturated rings. The summed E-state index contributed by atoms with van der Waals surface area (Å²) in [5.74, 6) is 0.984. The van der Waals surface area contributed by atoms with E-state index in [9.17, 15) is 0 Å². The van der Waals surface area contributed by atoms with E-state index in [1.54, 1.807) is 17.7 Å². The van der Waals surface area contributed by atoms with E-state index in [0.29, 0.717) is 0 Å². The number of hydrogen-bond acceptors (Lipinski definition) is 5. The zero-order chi connectivity index (χ0) is 12.4. The summed E-state index contributed by atoms with van der Waals surface area (Å²) in [4.78, 5) is 11.2. The number of anilines is 1. The average molecular weight is 262 g/mol. The third-order valence-electron chi connectivity index (χ3n) is 3.45. The summed E-state index contributed by atoms with van der Waals surface area (Å²) in [7, 11) is 0. The van der Waals surface area contributed by atoms with E-state index in [1.807, 2.05) is 0 Å². The van der Waals surface area contributed by atoms with Crippen LogP contribution in [0.4, 0.5) is 5.82 Å². The van der Waals surface area contributed by atoms with Gasteiger partial charge in [0.05, 0.1) is 10.2 Å². The molecule has 2 aromatic rings. The second-order valence-electron chi connectivity index (χ2n) is 4.79. The molecule has 0 saturated carbocycles. The fourth-order valence-corrected chi connectivity index (χ4v) is 3.40. The predicted molar refractivity (Wildman–Crippen MR) is 76.3 cm³/mol. The van der Waals surface area contributed by atoms with E-state index in [1.165, 1.54) is 36.2 Å². The van der Waals surface area contributed by atoms with E-state index in [0.717, 1.165) is 24.4 Å². The standard InChI is InChI=1S/C13H18N4S/c1-10-8-18-12-11(10)15-9-16-13(12)14-4-7-17-5-2-3-6-17/h8-9H,2-7H2,1H3,(H,14,15,16). The fourth-order valence-electron chi connectivity index (χ4n) is 2.43. The van der Waals surface area contributed by atoms with Gasteiger partial charge in [0, 0.05) is 13.1 Å². The summed E-state index contributed by atoms with van der Waals surface area (Å²) in [5, 5.41) is 5.59. The minimum Gasteiger partial charge on any atom is -0.367 e. The minimum atomic E-state index is 0.961. The maximum Gasteiger partial charge on any atom is 0.147 e. The number of likely N-dealkylation sites (tertiary alicyclic amines) is 1. The molecule has 0 unspecified atom stereocenters. The molecule has 1 saturated heterocycles. The van der Waals surface area contributed by atoms with Gasteiger partial charge in [-0.15, -0.1) is 11.3 Å². The Morgan fingerprint density at radius 2 is 2.17 bits per heavy atom. The molecular formula is C13H18N4S. The normalized spacial score (nSPS) is 16.5. The molecule has 5 heteroatoms. The molecule has 0 amide bonds. The third-order valence-corrected chi connectivity index (χ3v) is 4.54. The van der Waals surface area contributed by atoms with Crippen molar-refractivity contribution in [2.24, 2.45) is 0 Å². The predicted octanol–water partition coefficient (Wildman–Crippen LogP) is 2.51. The monoisotopic (exact) mass is 262 g/mol. The van der Waals surface area contributed by atoms with Crippen molar-refractivity contribution < 1.29 is 0 Å². The molecule has 0 atom stereocenters. The van der Waals surface area contributed by atoms with Crippen molar-refractivity contribution in [1.82, 2.24) is 14.9 Å². The maximum atomic E-state index is 4.35. The van der Waals surface area contributed by atoms with Crippen molar-refractivity contribution in [2.75, 3.05) is 31.5 Å². The van der Waals surface area contributed by atoms with Crippen LogP contribution in [0.15, 0.2) is 11.7 Å². The molecule has 3 rings (SSSR count).